The van der Waals surface area contributed by atoms with Crippen LogP contribution in [0.5, 0.6) is 0 Å². The summed E-state index contributed by atoms with van der Waals surface area (Å²) in [5, 5.41) is 3.85. The van der Waals surface area contributed by atoms with Gasteiger partial charge in [0.2, 0.25) is 0 Å². The molecule has 2 aromatic rings. The molecule has 0 saturated carbocycles. The molecule has 0 spiro atoms. The molecule has 1 aliphatic carbocycles. The Labute approximate surface area is 114 Å². The molecule has 0 amide bonds. The third-order valence-electron chi connectivity index (χ3n) is 3.42. The van der Waals surface area contributed by atoms with Crippen LogP contribution in [0.3, 0.4) is 0 Å². The molecule has 1 aromatic heterocycles. The lowest BCUT2D eigenvalue weighted by Gasteiger charge is -2.15. The van der Waals surface area contributed by atoms with E-state index in [2.05, 4.69) is 10.3 Å². The number of aryl methyl sites for hydroxylation is 2. The van der Waals surface area contributed by atoms with Crippen LogP contribution in [-0.2, 0) is 12.8 Å². The fourth-order valence-corrected chi connectivity index (χ4v) is 3.76. The molecule has 3 rings (SSSR count). The van der Waals surface area contributed by atoms with Crippen LogP contribution >= 0.6 is 11.3 Å². The first-order chi connectivity index (χ1) is 9.19. The Hall–Kier alpha value is -1.33. The average Bonchev–Trinajstić information content (AvgIpc) is 2.95. The van der Waals surface area contributed by atoms with Crippen LogP contribution in [0.2, 0.25) is 0 Å². The molecule has 0 saturated heterocycles. The molecule has 1 aliphatic rings. The molecule has 1 N–H and O–H groups in total. The number of fused-ring (bicyclic) bond motifs is 1. The molecule has 1 unspecified atom stereocenters. The van der Waals surface area contributed by atoms with Crippen molar-refractivity contribution in [3.63, 3.8) is 0 Å². The van der Waals surface area contributed by atoms with E-state index in [-0.39, 0.29) is 6.04 Å². The predicted molar refractivity (Wildman–Crippen MR) is 71.4 cm³/mol. The van der Waals surface area contributed by atoms with Crippen molar-refractivity contribution in [3.8, 4) is 0 Å². The van der Waals surface area contributed by atoms with Gasteiger partial charge in [-0.1, -0.05) is 0 Å². The van der Waals surface area contributed by atoms with Gasteiger partial charge in [-0.3, -0.25) is 0 Å². The highest BCUT2D eigenvalue weighted by Crippen LogP contribution is 2.33. The first kappa shape index (κ1) is 12.7. The number of aromatic nitrogens is 1. The van der Waals surface area contributed by atoms with Crippen LogP contribution in [0.1, 0.15) is 33.6 Å². The third-order valence-corrected chi connectivity index (χ3v) is 4.64. The van der Waals surface area contributed by atoms with Gasteiger partial charge in [0.15, 0.2) is 0 Å². The molecular weight excluding hydrogens is 266 g/mol. The van der Waals surface area contributed by atoms with Gasteiger partial charge in [0.05, 0.1) is 11.7 Å². The molecule has 100 valence electrons. The molecule has 5 heteroatoms. The molecular formula is C14H14F2N2S. The van der Waals surface area contributed by atoms with Crippen molar-refractivity contribution in [1.82, 2.24) is 10.3 Å². The SMILES string of the molecule is CNC(c1nc2c(s1)CCC2)c1cc(F)ccc1F. The lowest BCUT2D eigenvalue weighted by Crippen LogP contribution is -2.19. The second kappa shape index (κ2) is 4.98. The Balaban J connectivity index is 2.01. The number of rotatable bonds is 3. The highest BCUT2D eigenvalue weighted by Gasteiger charge is 2.24. The number of nitrogens with zero attached hydrogens (tertiary/aromatic N) is 1. The maximum atomic E-state index is 13.9. The highest BCUT2D eigenvalue weighted by molar-refractivity contribution is 7.11. The summed E-state index contributed by atoms with van der Waals surface area (Å²) >= 11 is 1.60. The minimum atomic E-state index is -0.430. The van der Waals surface area contributed by atoms with E-state index in [0.29, 0.717) is 5.56 Å². The van der Waals surface area contributed by atoms with Gasteiger partial charge < -0.3 is 5.32 Å². The van der Waals surface area contributed by atoms with Gasteiger partial charge in [-0.2, -0.15) is 0 Å². The molecule has 0 bridgehead atoms. The van der Waals surface area contributed by atoms with Crippen LogP contribution in [-0.4, -0.2) is 12.0 Å². The van der Waals surface area contributed by atoms with Crippen molar-refractivity contribution in [3.05, 3.63) is 51.0 Å². The average molecular weight is 280 g/mol. The molecule has 1 aromatic carbocycles. The van der Waals surface area contributed by atoms with Crippen LogP contribution in [0.4, 0.5) is 8.78 Å². The first-order valence-corrected chi connectivity index (χ1v) is 7.11. The predicted octanol–water partition coefficient (Wildman–Crippen LogP) is 3.22. The summed E-state index contributed by atoms with van der Waals surface area (Å²) in [6, 6.07) is 3.15. The molecule has 1 atom stereocenters. The second-order valence-electron chi connectivity index (χ2n) is 4.66. The topological polar surface area (TPSA) is 24.9 Å². The maximum absolute atomic E-state index is 13.9. The van der Waals surface area contributed by atoms with Crippen LogP contribution < -0.4 is 5.32 Å². The summed E-state index contributed by atoms with van der Waals surface area (Å²) < 4.78 is 27.2. The summed E-state index contributed by atoms with van der Waals surface area (Å²) in [6.07, 6.45) is 3.19. The van der Waals surface area contributed by atoms with Gasteiger partial charge in [0.1, 0.15) is 16.6 Å². The van der Waals surface area contributed by atoms with E-state index in [1.54, 1.807) is 18.4 Å². The monoisotopic (exact) mass is 280 g/mol. The fraction of sp³-hybridized carbons (Fsp3) is 0.357. The summed E-state index contributed by atoms with van der Waals surface area (Å²) in [6.45, 7) is 0. The van der Waals surface area contributed by atoms with Gasteiger partial charge in [-0.05, 0) is 44.5 Å². The summed E-state index contributed by atoms with van der Waals surface area (Å²) in [5.41, 5.74) is 1.44. The number of nitrogens with one attached hydrogen (secondary N) is 1. The van der Waals surface area contributed by atoms with E-state index in [9.17, 15) is 8.78 Å². The lowest BCUT2D eigenvalue weighted by atomic mass is 10.1. The smallest absolute Gasteiger partial charge is 0.128 e. The van der Waals surface area contributed by atoms with E-state index in [1.807, 2.05) is 0 Å². The zero-order chi connectivity index (χ0) is 13.4. The zero-order valence-electron chi connectivity index (χ0n) is 10.5. The van der Waals surface area contributed by atoms with E-state index >= 15 is 0 Å². The largest absolute Gasteiger partial charge is 0.307 e. The highest BCUT2D eigenvalue weighted by atomic mass is 32.1. The van der Waals surface area contributed by atoms with Gasteiger partial charge in [-0.25, -0.2) is 13.8 Å². The summed E-state index contributed by atoms with van der Waals surface area (Å²) in [5.74, 6) is -0.836. The molecule has 19 heavy (non-hydrogen) atoms. The Kier molecular flexibility index (Phi) is 3.33. The van der Waals surface area contributed by atoms with Crippen LogP contribution in [0, 0.1) is 11.6 Å². The van der Waals surface area contributed by atoms with E-state index in [1.165, 1.54) is 10.9 Å². The molecule has 0 fully saturated rings. The van der Waals surface area contributed by atoms with Crippen molar-refractivity contribution >= 4 is 11.3 Å². The number of hydrogen-bond donors (Lipinski definition) is 1. The van der Waals surface area contributed by atoms with Crippen LogP contribution in [0.15, 0.2) is 18.2 Å². The quantitative estimate of drug-likeness (QED) is 0.933. The lowest BCUT2D eigenvalue weighted by molar-refractivity contribution is 0.557. The second-order valence-corrected chi connectivity index (χ2v) is 5.78. The third kappa shape index (κ3) is 2.28. The van der Waals surface area contributed by atoms with E-state index in [0.717, 1.165) is 42.1 Å². The van der Waals surface area contributed by atoms with Crippen molar-refractivity contribution in [2.75, 3.05) is 7.05 Å². The summed E-state index contributed by atoms with van der Waals surface area (Å²) in [7, 11) is 1.74. The minimum Gasteiger partial charge on any atom is -0.307 e. The van der Waals surface area contributed by atoms with Crippen molar-refractivity contribution in [2.24, 2.45) is 0 Å². The van der Waals surface area contributed by atoms with Gasteiger partial charge in [0, 0.05) is 10.4 Å². The number of halogens is 2. The first-order valence-electron chi connectivity index (χ1n) is 6.29. The maximum Gasteiger partial charge on any atom is 0.128 e. The Bertz CT molecular complexity index is 588. The fourth-order valence-electron chi connectivity index (χ4n) is 2.48. The summed E-state index contributed by atoms with van der Waals surface area (Å²) in [4.78, 5) is 5.86. The minimum absolute atomic E-state index is 0.315. The molecule has 1 heterocycles. The van der Waals surface area contributed by atoms with Crippen molar-refractivity contribution in [1.29, 1.82) is 0 Å². The van der Waals surface area contributed by atoms with E-state index in [4.69, 9.17) is 0 Å². The Morgan fingerprint density at radius 1 is 1.32 bits per heavy atom. The van der Waals surface area contributed by atoms with Crippen molar-refractivity contribution in [2.45, 2.75) is 25.3 Å². The Morgan fingerprint density at radius 3 is 2.89 bits per heavy atom. The normalized spacial score (nSPS) is 15.5. The molecule has 2 nitrogen and oxygen atoms in total. The van der Waals surface area contributed by atoms with Gasteiger partial charge >= 0.3 is 0 Å². The van der Waals surface area contributed by atoms with E-state index < -0.39 is 11.6 Å². The zero-order valence-corrected chi connectivity index (χ0v) is 11.4. The standard InChI is InChI=1S/C14H14F2N2S/c1-17-13(9-7-8(15)5-6-10(9)16)14-18-11-3-2-4-12(11)19-14/h5-7,13,17H,2-4H2,1H3. The molecule has 0 radical (unpaired) electrons. The van der Waals surface area contributed by atoms with Crippen molar-refractivity contribution < 1.29 is 8.78 Å². The Morgan fingerprint density at radius 2 is 2.16 bits per heavy atom. The number of thiazole rings is 1. The van der Waals surface area contributed by atoms with Gasteiger partial charge in [0.25, 0.3) is 0 Å². The molecule has 0 aliphatic heterocycles. The number of hydrogen-bond acceptors (Lipinski definition) is 3. The van der Waals surface area contributed by atoms with Crippen LogP contribution in [0.25, 0.3) is 0 Å². The van der Waals surface area contributed by atoms with Gasteiger partial charge in [-0.15, -0.1) is 11.3 Å². The number of benzene rings is 1.